The summed E-state index contributed by atoms with van der Waals surface area (Å²) in [6, 6.07) is 8.20. The van der Waals surface area contributed by atoms with Crippen molar-refractivity contribution in [2.75, 3.05) is 0 Å². The molecule has 2 aromatic rings. The molecular weight excluding hydrogens is 264 g/mol. The lowest BCUT2D eigenvalue weighted by molar-refractivity contribution is -0.121. The van der Waals surface area contributed by atoms with E-state index >= 15 is 0 Å². The predicted octanol–water partition coefficient (Wildman–Crippen LogP) is 2.29. The Morgan fingerprint density at radius 2 is 2.10 bits per heavy atom. The van der Waals surface area contributed by atoms with Crippen LogP contribution in [0.3, 0.4) is 0 Å². The monoisotopic (exact) mass is 282 g/mol. The van der Waals surface area contributed by atoms with Crippen molar-refractivity contribution in [1.82, 2.24) is 15.0 Å². The maximum absolute atomic E-state index is 11.3. The van der Waals surface area contributed by atoms with Crippen LogP contribution in [0, 0.1) is 5.92 Å². The lowest BCUT2D eigenvalue weighted by Gasteiger charge is -2.19. The minimum atomic E-state index is -0.0196. The van der Waals surface area contributed by atoms with Gasteiger partial charge in [-0.05, 0) is 17.7 Å². The van der Waals surface area contributed by atoms with Gasteiger partial charge in [-0.15, -0.1) is 0 Å². The third-order valence-corrected chi connectivity index (χ3v) is 3.73. The highest BCUT2D eigenvalue weighted by atomic mass is 16.2. The molecular formula is C16H18N4O. The van der Waals surface area contributed by atoms with Crippen molar-refractivity contribution in [3.63, 3.8) is 0 Å². The van der Waals surface area contributed by atoms with Crippen LogP contribution in [-0.4, -0.2) is 21.2 Å². The van der Waals surface area contributed by atoms with Crippen molar-refractivity contribution in [2.45, 2.75) is 26.7 Å². The number of carbonyl (C=O) groups excluding carboxylic acids is 1. The van der Waals surface area contributed by atoms with E-state index in [0.29, 0.717) is 6.42 Å². The molecule has 1 atom stereocenters. The third-order valence-electron chi connectivity index (χ3n) is 3.73. The predicted molar refractivity (Wildman–Crippen MR) is 81.4 cm³/mol. The van der Waals surface area contributed by atoms with Gasteiger partial charge in [-0.25, -0.2) is 10.4 Å². The topological polar surface area (TPSA) is 59.3 Å². The van der Waals surface area contributed by atoms with Crippen LogP contribution in [0.2, 0.25) is 0 Å². The standard InChI is InChI=1S/C16H18N4O/c1-3-14-17-8-9-20(14)13-6-4-12(5-7-13)16-11(2)10-15(21)18-19-16/h4-9,11H,3,10H2,1-2H3,(H,18,21). The first-order chi connectivity index (χ1) is 10.2. The molecule has 0 radical (unpaired) electrons. The number of hydrogen-bond donors (Lipinski definition) is 1. The molecule has 1 amide bonds. The highest BCUT2D eigenvalue weighted by Gasteiger charge is 2.21. The molecule has 0 fully saturated rings. The third kappa shape index (κ3) is 2.59. The zero-order valence-electron chi connectivity index (χ0n) is 12.2. The lowest BCUT2D eigenvalue weighted by Crippen LogP contribution is -2.31. The first-order valence-electron chi connectivity index (χ1n) is 7.18. The van der Waals surface area contributed by atoms with E-state index in [9.17, 15) is 4.79 Å². The number of aromatic nitrogens is 2. The number of rotatable bonds is 3. The molecule has 1 unspecified atom stereocenters. The molecule has 108 valence electrons. The maximum atomic E-state index is 11.3. The first kappa shape index (κ1) is 13.5. The molecule has 5 nitrogen and oxygen atoms in total. The number of imidazole rings is 1. The van der Waals surface area contributed by atoms with E-state index in [2.05, 4.69) is 39.1 Å². The van der Waals surface area contributed by atoms with Crippen molar-refractivity contribution in [1.29, 1.82) is 0 Å². The van der Waals surface area contributed by atoms with E-state index in [-0.39, 0.29) is 11.8 Å². The Hall–Kier alpha value is -2.43. The van der Waals surface area contributed by atoms with Crippen LogP contribution in [0.15, 0.2) is 41.8 Å². The van der Waals surface area contributed by atoms with Crippen molar-refractivity contribution >= 4 is 11.6 Å². The van der Waals surface area contributed by atoms with Crippen LogP contribution >= 0.6 is 0 Å². The first-order valence-corrected chi connectivity index (χ1v) is 7.18. The minimum Gasteiger partial charge on any atom is -0.304 e. The number of nitrogens with zero attached hydrogens (tertiary/aromatic N) is 3. The highest BCUT2D eigenvalue weighted by Crippen LogP contribution is 2.19. The minimum absolute atomic E-state index is 0.0196. The molecule has 21 heavy (non-hydrogen) atoms. The van der Waals surface area contributed by atoms with Gasteiger partial charge in [0.15, 0.2) is 0 Å². The Labute approximate surface area is 123 Å². The van der Waals surface area contributed by atoms with Crippen LogP contribution in [0.1, 0.15) is 31.7 Å². The number of hydrazone groups is 1. The Balaban J connectivity index is 1.90. The molecule has 1 aromatic heterocycles. The molecule has 0 bridgehead atoms. The molecule has 0 spiro atoms. The smallest absolute Gasteiger partial charge is 0.240 e. The summed E-state index contributed by atoms with van der Waals surface area (Å²) in [5.74, 6) is 1.16. The second-order valence-corrected chi connectivity index (χ2v) is 5.25. The molecule has 0 saturated heterocycles. The summed E-state index contributed by atoms with van der Waals surface area (Å²) in [6.45, 7) is 4.12. The van der Waals surface area contributed by atoms with Gasteiger partial charge in [0.1, 0.15) is 5.82 Å². The second-order valence-electron chi connectivity index (χ2n) is 5.25. The van der Waals surface area contributed by atoms with Crippen LogP contribution in [0.4, 0.5) is 0 Å². The van der Waals surface area contributed by atoms with E-state index in [1.807, 2.05) is 31.5 Å². The van der Waals surface area contributed by atoms with Gasteiger partial charge in [-0.2, -0.15) is 5.10 Å². The van der Waals surface area contributed by atoms with Crippen LogP contribution in [0.5, 0.6) is 0 Å². The largest absolute Gasteiger partial charge is 0.304 e. The van der Waals surface area contributed by atoms with Crippen molar-refractivity contribution in [3.8, 4) is 5.69 Å². The molecule has 1 aromatic carbocycles. The van der Waals surface area contributed by atoms with Gasteiger partial charge in [-0.3, -0.25) is 4.79 Å². The fourth-order valence-corrected chi connectivity index (χ4v) is 2.63. The van der Waals surface area contributed by atoms with E-state index in [1.165, 1.54) is 0 Å². The average Bonchev–Trinajstić information content (AvgIpc) is 2.96. The SMILES string of the molecule is CCc1nccn1-c1ccc(C2=NNC(=O)CC2C)cc1. The molecule has 1 N–H and O–H groups in total. The Bertz CT molecular complexity index is 685. The number of amides is 1. The van der Waals surface area contributed by atoms with E-state index < -0.39 is 0 Å². The summed E-state index contributed by atoms with van der Waals surface area (Å²) in [5.41, 5.74) is 5.62. The van der Waals surface area contributed by atoms with Gasteiger partial charge in [0, 0.05) is 36.8 Å². The summed E-state index contributed by atoms with van der Waals surface area (Å²) in [4.78, 5) is 15.6. The molecule has 5 heteroatoms. The summed E-state index contributed by atoms with van der Waals surface area (Å²) in [5, 5.41) is 4.19. The van der Waals surface area contributed by atoms with Gasteiger partial charge in [0.2, 0.25) is 5.91 Å². The second kappa shape index (κ2) is 5.52. The van der Waals surface area contributed by atoms with Crippen LogP contribution in [-0.2, 0) is 11.2 Å². The normalized spacial score (nSPS) is 18.3. The number of aryl methyl sites for hydroxylation is 1. The number of carbonyl (C=O) groups is 1. The average molecular weight is 282 g/mol. The molecule has 0 aliphatic carbocycles. The quantitative estimate of drug-likeness (QED) is 0.939. The number of benzene rings is 1. The van der Waals surface area contributed by atoms with Gasteiger partial charge in [-0.1, -0.05) is 26.0 Å². The van der Waals surface area contributed by atoms with E-state index in [1.54, 1.807) is 0 Å². The lowest BCUT2D eigenvalue weighted by atomic mass is 9.94. The molecule has 3 rings (SSSR count). The molecule has 1 aliphatic rings. The zero-order chi connectivity index (χ0) is 14.8. The summed E-state index contributed by atoms with van der Waals surface area (Å²) < 4.78 is 2.08. The van der Waals surface area contributed by atoms with Crippen molar-refractivity contribution < 1.29 is 4.79 Å². The Morgan fingerprint density at radius 1 is 1.33 bits per heavy atom. The summed E-state index contributed by atoms with van der Waals surface area (Å²) >= 11 is 0. The number of hydrogen-bond acceptors (Lipinski definition) is 3. The summed E-state index contributed by atoms with van der Waals surface area (Å²) in [7, 11) is 0. The molecule has 2 heterocycles. The fraction of sp³-hybridized carbons (Fsp3) is 0.312. The number of nitrogens with one attached hydrogen (secondary N) is 1. The van der Waals surface area contributed by atoms with E-state index in [0.717, 1.165) is 29.2 Å². The Morgan fingerprint density at radius 3 is 2.76 bits per heavy atom. The van der Waals surface area contributed by atoms with Crippen LogP contribution in [0.25, 0.3) is 5.69 Å². The highest BCUT2D eigenvalue weighted by molar-refractivity contribution is 6.05. The van der Waals surface area contributed by atoms with Gasteiger partial charge < -0.3 is 4.57 Å². The molecule has 1 aliphatic heterocycles. The van der Waals surface area contributed by atoms with Crippen molar-refractivity contribution in [2.24, 2.45) is 11.0 Å². The van der Waals surface area contributed by atoms with Crippen LogP contribution < -0.4 is 5.43 Å². The summed E-state index contributed by atoms with van der Waals surface area (Å²) in [6.07, 6.45) is 5.16. The van der Waals surface area contributed by atoms with Gasteiger partial charge >= 0.3 is 0 Å². The maximum Gasteiger partial charge on any atom is 0.240 e. The Kier molecular flexibility index (Phi) is 3.56. The molecule has 0 saturated carbocycles. The van der Waals surface area contributed by atoms with Gasteiger partial charge in [0.05, 0.1) is 5.71 Å². The van der Waals surface area contributed by atoms with Gasteiger partial charge in [0.25, 0.3) is 0 Å². The zero-order valence-corrected chi connectivity index (χ0v) is 12.2. The fourth-order valence-electron chi connectivity index (χ4n) is 2.63. The van der Waals surface area contributed by atoms with Crippen molar-refractivity contribution in [3.05, 3.63) is 48.0 Å². The van der Waals surface area contributed by atoms with E-state index in [4.69, 9.17) is 0 Å².